The van der Waals surface area contributed by atoms with Gasteiger partial charge in [0, 0.05) is 28.6 Å². The number of carbonyl (C=O) groups excluding carboxylic acids is 1. The maximum absolute atomic E-state index is 12.4. The van der Waals surface area contributed by atoms with Crippen LogP contribution in [-0.2, 0) is 17.8 Å². The number of benzene rings is 1. The van der Waals surface area contributed by atoms with E-state index in [0.29, 0.717) is 36.9 Å². The molecule has 108 valence electrons. The Balaban J connectivity index is 2.47. The van der Waals surface area contributed by atoms with E-state index in [1.807, 2.05) is 6.92 Å². The van der Waals surface area contributed by atoms with Crippen LogP contribution in [0.15, 0.2) is 16.9 Å². The Morgan fingerprint density at radius 3 is 2.67 bits per heavy atom. The summed E-state index contributed by atoms with van der Waals surface area (Å²) in [5.41, 5.74) is 1.64. The predicted molar refractivity (Wildman–Crippen MR) is 86.7 cm³/mol. The first kappa shape index (κ1) is 14.6. The zero-order chi connectivity index (χ0) is 15.3. The van der Waals surface area contributed by atoms with Crippen molar-refractivity contribution in [1.29, 1.82) is 0 Å². The highest BCUT2D eigenvalue weighted by atomic mass is 35.5. The van der Waals surface area contributed by atoms with Gasteiger partial charge in [0.1, 0.15) is 4.53 Å². The number of thiazole rings is 1. The number of nitrogens with zero attached hydrogens (tertiary/aromatic N) is 1. The molecule has 0 spiro atoms. The van der Waals surface area contributed by atoms with E-state index in [1.54, 1.807) is 16.7 Å². The molecule has 3 rings (SSSR count). The molecule has 1 aromatic heterocycles. The van der Waals surface area contributed by atoms with E-state index >= 15 is 0 Å². The van der Waals surface area contributed by atoms with Gasteiger partial charge in [-0.25, -0.2) is 0 Å². The van der Waals surface area contributed by atoms with Gasteiger partial charge in [-0.05, 0) is 30.2 Å². The highest BCUT2D eigenvalue weighted by Gasteiger charge is 2.29. The predicted octanol–water partition coefficient (Wildman–Crippen LogP) is 1.97. The van der Waals surface area contributed by atoms with Crippen LogP contribution < -0.4 is 14.8 Å². The van der Waals surface area contributed by atoms with Gasteiger partial charge in [-0.3, -0.25) is 14.2 Å². The van der Waals surface area contributed by atoms with Crippen molar-refractivity contribution in [3.63, 3.8) is 0 Å². The molecule has 0 aliphatic heterocycles. The highest BCUT2D eigenvalue weighted by molar-refractivity contribution is 7.07. The highest BCUT2D eigenvalue weighted by Crippen LogP contribution is 2.35. The molecule has 0 bridgehead atoms. The van der Waals surface area contributed by atoms with Crippen molar-refractivity contribution >= 4 is 52.5 Å². The van der Waals surface area contributed by atoms with E-state index in [2.05, 4.69) is 6.58 Å². The Hall–Kier alpha value is -1.36. The minimum atomic E-state index is -0.181. The van der Waals surface area contributed by atoms with E-state index in [1.165, 1.54) is 11.3 Å². The average molecular weight is 340 g/mol. The number of fused-ring (bicyclic) bond motifs is 1. The van der Waals surface area contributed by atoms with Gasteiger partial charge in [0.15, 0.2) is 5.78 Å². The molecule has 0 atom stereocenters. The zero-order valence-corrected chi connectivity index (χ0v) is 13.5. The standard InChI is InChI=1S/C15H11Cl2NO2S/c1-3-18-7(2)21-14(15(18)20)13-10-4-8(16)5-11(17)9(10)6-12(13)19/h4-5H,2-3,6H2,1H3/b14-13-. The lowest BCUT2D eigenvalue weighted by atomic mass is 10.1. The molecular weight excluding hydrogens is 329 g/mol. The van der Waals surface area contributed by atoms with Gasteiger partial charge < -0.3 is 0 Å². The van der Waals surface area contributed by atoms with E-state index in [9.17, 15) is 9.59 Å². The molecular formula is C15H11Cl2NO2S. The van der Waals surface area contributed by atoms with Crippen LogP contribution in [0.25, 0.3) is 12.2 Å². The Kier molecular flexibility index (Phi) is 3.56. The third-order valence-corrected chi connectivity index (χ3v) is 5.14. The SMILES string of the molecule is C=c1s/c(=C2\C(=O)Cc3c(Cl)cc(Cl)cc32)c(=O)n1CC. The summed E-state index contributed by atoms with van der Waals surface area (Å²) in [6, 6.07) is 3.31. The van der Waals surface area contributed by atoms with Crippen LogP contribution in [0.5, 0.6) is 0 Å². The smallest absolute Gasteiger partial charge is 0.269 e. The van der Waals surface area contributed by atoms with Gasteiger partial charge in [-0.15, -0.1) is 11.3 Å². The quantitative estimate of drug-likeness (QED) is 0.796. The zero-order valence-electron chi connectivity index (χ0n) is 11.2. The fraction of sp³-hybridized carbons (Fsp3) is 0.200. The molecule has 6 heteroatoms. The van der Waals surface area contributed by atoms with Gasteiger partial charge in [-0.1, -0.05) is 29.8 Å². The lowest BCUT2D eigenvalue weighted by molar-refractivity contribution is -0.112. The van der Waals surface area contributed by atoms with Gasteiger partial charge in [-0.2, -0.15) is 0 Å². The average Bonchev–Trinajstić information content (AvgIpc) is 2.87. The van der Waals surface area contributed by atoms with E-state index < -0.39 is 0 Å². The first-order valence-corrected chi connectivity index (χ1v) is 7.95. The number of ketones is 1. The van der Waals surface area contributed by atoms with Crippen LogP contribution in [0.3, 0.4) is 0 Å². The van der Waals surface area contributed by atoms with Crippen LogP contribution in [-0.4, -0.2) is 10.4 Å². The van der Waals surface area contributed by atoms with Gasteiger partial charge in [0.25, 0.3) is 5.56 Å². The molecule has 1 aromatic carbocycles. The van der Waals surface area contributed by atoms with Crippen LogP contribution in [0.4, 0.5) is 0 Å². The molecule has 0 saturated heterocycles. The summed E-state index contributed by atoms with van der Waals surface area (Å²) in [6.45, 7) is 6.26. The number of rotatable bonds is 1. The normalized spacial score (nSPS) is 16.4. The van der Waals surface area contributed by atoms with Gasteiger partial charge >= 0.3 is 0 Å². The van der Waals surface area contributed by atoms with E-state index in [4.69, 9.17) is 23.2 Å². The molecule has 0 amide bonds. The van der Waals surface area contributed by atoms with Crippen LogP contribution in [0, 0.1) is 0 Å². The molecule has 0 saturated carbocycles. The molecule has 3 nitrogen and oxygen atoms in total. The minimum absolute atomic E-state index is 0.101. The first-order valence-electron chi connectivity index (χ1n) is 6.38. The van der Waals surface area contributed by atoms with Crippen molar-refractivity contribution in [3.8, 4) is 0 Å². The summed E-state index contributed by atoms with van der Waals surface area (Å²) in [5.74, 6) is -0.101. The number of aromatic nitrogens is 1. The summed E-state index contributed by atoms with van der Waals surface area (Å²) in [4.78, 5) is 24.8. The number of carbonyl (C=O) groups is 1. The maximum Gasteiger partial charge on any atom is 0.269 e. The second-order valence-electron chi connectivity index (χ2n) is 4.76. The Morgan fingerprint density at radius 2 is 2.05 bits per heavy atom. The molecule has 1 aliphatic rings. The Morgan fingerprint density at radius 1 is 1.33 bits per heavy atom. The topological polar surface area (TPSA) is 39.1 Å². The van der Waals surface area contributed by atoms with Crippen molar-refractivity contribution in [3.05, 3.63) is 52.9 Å². The van der Waals surface area contributed by atoms with E-state index in [0.717, 1.165) is 5.56 Å². The molecule has 2 aromatic rings. The maximum atomic E-state index is 12.4. The second kappa shape index (κ2) is 5.13. The summed E-state index contributed by atoms with van der Waals surface area (Å²) in [5, 5.41) is 0.913. The number of hydrogen-bond acceptors (Lipinski definition) is 3. The second-order valence-corrected chi connectivity index (χ2v) is 6.69. The number of hydrogen-bond donors (Lipinski definition) is 0. The summed E-state index contributed by atoms with van der Waals surface area (Å²) < 4.78 is 2.62. The minimum Gasteiger partial charge on any atom is -0.300 e. The van der Waals surface area contributed by atoms with Gasteiger partial charge in [0.05, 0.1) is 4.66 Å². The third kappa shape index (κ3) is 2.18. The first-order chi connectivity index (χ1) is 9.93. The fourth-order valence-corrected chi connectivity index (χ4v) is 4.23. The van der Waals surface area contributed by atoms with Gasteiger partial charge in [0.2, 0.25) is 0 Å². The van der Waals surface area contributed by atoms with Crippen molar-refractivity contribution < 1.29 is 4.79 Å². The van der Waals surface area contributed by atoms with Crippen molar-refractivity contribution in [2.45, 2.75) is 19.9 Å². The summed E-state index contributed by atoms with van der Waals surface area (Å²) in [7, 11) is 0. The lowest BCUT2D eigenvalue weighted by Crippen LogP contribution is -2.32. The Bertz CT molecular complexity index is 940. The van der Waals surface area contributed by atoms with E-state index in [-0.39, 0.29) is 17.8 Å². The monoisotopic (exact) mass is 339 g/mol. The molecule has 21 heavy (non-hydrogen) atoms. The third-order valence-electron chi connectivity index (χ3n) is 3.55. The van der Waals surface area contributed by atoms with Crippen molar-refractivity contribution in [2.75, 3.05) is 0 Å². The molecule has 1 aliphatic carbocycles. The summed E-state index contributed by atoms with van der Waals surface area (Å²) >= 11 is 13.4. The van der Waals surface area contributed by atoms with Crippen molar-refractivity contribution in [1.82, 2.24) is 4.57 Å². The van der Waals surface area contributed by atoms with Crippen LogP contribution in [0.2, 0.25) is 10.0 Å². The molecule has 0 N–H and O–H groups in total. The lowest BCUT2D eigenvalue weighted by Gasteiger charge is -2.02. The molecule has 1 heterocycles. The van der Waals surface area contributed by atoms with Crippen molar-refractivity contribution in [2.24, 2.45) is 0 Å². The Labute approximate surface area is 134 Å². The number of halogens is 2. The fourth-order valence-electron chi connectivity index (χ4n) is 2.58. The molecule has 0 radical (unpaired) electrons. The van der Waals surface area contributed by atoms with Crippen LogP contribution in [0.1, 0.15) is 18.1 Å². The largest absolute Gasteiger partial charge is 0.300 e. The molecule has 0 fully saturated rings. The van der Waals surface area contributed by atoms with Crippen LogP contribution >= 0.6 is 34.5 Å². The molecule has 0 unspecified atom stereocenters. The number of Topliss-reactive ketones (excluding diaryl/α,β-unsaturated/α-hetero) is 1. The summed E-state index contributed by atoms with van der Waals surface area (Å²) in [6.07, 6.45) is 0.205.